The molecule has 0 radical (unpaired) electrons. The van der Waals surface area contributed by atoms with Crippen molar-refractivity contribution >= 4 is 34.8 Å². The highest BCUT2D eigenvalue weighted by molar-refractivity contribution is 6.37. The summed E-state index contributed by atoms with van der Waals surface area (Å²) in [5.41, 5.74) is 1.27. The van der Waals surface area contributed by atoms with Crippen molar-refractivity contribution in [2.24, 2.45) is 0 Å². The summed E-state index contributed by atoms with van der Waals surface area (Å²) in [4.78, 5) is 4.34. The van der Waals surface area contributed by atoms with Crippen LogP contribution in [0.5, 0.6) is 0 Å². The first-order valence-corrected chi connectivity index (χ1v) is 6.78. The first kappa shape index (κ1) is 14.0. The van der Waals surface area contributed by atoms with Crippen LogP contribution in [0.1, 0.15) is 5.56 Å². The minimum atomic E-state index is 0.515. The van der Waals surface area contributed by atoms with Gasteiger partial charge in [0.2, 0.25) is 0 Å². The number of hydrogen-bond donors (Lipinski definition) is 2. The Kier molecular flexibility index (Phi) is 4.88. The van der Waals surface area contributed by atoms with Crippen molar-refractivity contribution in [3.63, 3.8) is 0 Å². The summed E-state index contributed by atoms with van der Waals surface area (Å²) in [5, 5.41) is 7.19. The molecule has 2 rings (SSSR count). The molecule has 3 nitrogen and oxygen atoms in total. The third kappa shape index (κ3) is 3.75. The van der Waals surface area contributed by atoms with Gasteiger partial charge >= 0.3 is 0 Å². The SMILES string of the molecule is CNc1nc(NCCc2ccccc2)c(Cl)cc1Cl. The fraction of sp³-hybridized carbons (Fsp3) is 0.214. The van der Waals surface area contributed by atoms with Gasteiger partial charge in [0.15, 0.2) is 0 Å². The first-order valence-electron chi connectivity index (χ1n) is 6.02. The maximum absolute atomic E-state index is 6.10. The van der Waals surface area contributed by atoms with E-state index in [1.807, 2.05) is 18.2 Å². The normalized spacial score (nSPS) is 10.3. The Morgan fingerprint density at radius 1 is 1.05 bits per heavy atom. The van der Waals surface area contributed by atoms with Crippen LogP contribution in [0.4, 0.5) is 11.6 Å². The van der Waals surface area contributed by atoms with E-state index in [4.69, 9.17) is 23.2 Å². The minimum Gasteiger partial charge on any atom is -0.372 e. The first-order chi connectivity index (χ1) is 9.20. The van der Waals surface area contributed by atoms with Gasteiger partial charge in [-0.05, 0) is 18.1 Å². The molecule has 19 heavy (non-hydrogen) atoms. The lowest BCUT2D eigenvalue weighted by Gasteiger charge is -2.10. The van der Waals surface area contributed by atoms with Gasteiger partial charge in [0, 0.05) is 13.6 Å². The summed E-state index contributed by atoms with van der Waals surface area (Å²) >= 11 is 12.1. The minimum absolute atomic E-state index is 0.515. The van der Waals surface area contributed by atoms with Gasteiger partial charge in [-0.3, -0.25) is 0 Å². The molecule has 1 aromatic heterocycles. The molecule has 0 fully saturated rings. The maximum Gasteiger partial charge on any atom is 0.147 e. The van der Waals surface area contributed by atoms with Gasteiger partial charge in [-0.1, -0.05) is 53.5 Å². The van der Waals surface area contributed by atoms with Gasteiger partial charge in [0.1, 0.15) is 11.6 Å². The molecule has 0 aliphatic heterocycles. The molecule has 1 aromatic carbocycles. The van der Waals surface area contributed by atoms with E-state index in [2.05, 4.69) is 27.8 Å². The van der Waals surface area contributed by atoms with E-state index in [1.54, 1.807) is 13.1 Å². The Labute approximate surface area is 123 Å². The highest BCUT2D eigenvalue weighted by Gasteiger charge is 2.07. The summed E-state index contributed by atoms with van der Waals surface area (Å²) in [6.45, 7) is 0.765. The van der Waals surface area contributed by atoms with Crippen LogP contribution >= 0.6 is 23.2 Å². The van der Waals surface area contributed by atoms with Crippen molar-refractivity contribution in [2.75, 3.05) is 24.2 Å². The lowest BCUT2D eigenvalue weighted by molar-refractivity contribution is 1.01. The van der Waals surface area contributed by atoms with E-state index in [-0.39, 0.29) is 0 Å². The van der Waals surface area contributed by atoms with Crippen molar-refractivity contribution in [2.45, 2.75) is 6.42 Å². The number of hydrogen-bond acceptors (Lipinski definition) is 3. The smallest absolute Gasteiger partial charge is 0.147 e. The third-order valence-electron chi connectivity index (χ3n) is 2.72. The van der Waals surface area contributed by atoms with Gasteiger partial charge in [-0.25, -0.2) is 4.98 Å². The largest absolute Gasteiger partial charge is 0.372 e. The molecule has 0 atom stereocenters. The molecule has 0 bridgehead atoms. The monoisotopic (exact) mass is 295 g/mol. The highest BCUT2D eigenvalue weighted by Crippen LogP contribution is 2.28. The second kappa shape index (κ2) is 6.64. The Balaban J connectivity index is 2.00. The van der Waals surface area contributed by atoms with Crippen LogP contribution in [0, 0.1) is 0 Å². The maximum atomic E-state index is 6.10. The average Bonchev–Trinajstić information content (AvgIpc) is 2.42. The number of halogens is 2. The summed E-state index contributed by atoms with van der Waals surface area (Å²) in [6, 6.07) is 11.9. The molecule has 0 spiro atoms. The van der Waals surface area contributed by atoms with Crippen LogP contribution in [0.2, 0.25) is 10.0 Å². The van der Waals surface area contributed by atoms with Crippen LogP contribution in [-0.2, 0) is 6.42 Å². The zero-order valence-electron chi connectivity index (χ0n) is 10.6. The van der Waals surface area contributed by atoms with Crippen LogP contribution < -0.4 is 10.6 Å². The zero-order chi connectivity index (χ0) is 13.7. The molecule has 100 valence electrons. The average molecular weight is 296 g/mol. The van der Waals surface area contributed by atoms with E-state index in [0.29, 0.717) is 21.7 Å². The fourth-order valence-electron chi connectivity index (χ4n) is 1.74. The Morgan fingerprint density at radius 3 is 2.42 bits per heavy atom. The second-order valence-electron chi connectivity index (χ2n) is 4.06. The molecular formula is C14H15Cl2N3. The Hall–Kier alpha value is -1.45. The predicted molar refractivity (Wildman–Crippen MR) is 82.4 cm³/mol. The Morgan fingerprint density at radius 2 is 1.74 bits per heavy atom. The molecule has 0 aliphatic rings. The molecule has 0 saturated heterocycles. The van der Waals surface area contributed by atoms with Gasteiger partial charge in [-0.2, -0.15) is 0 Å². The molecule has 1 heterocycles. The van der Waals surface area contributed by atoms with Gasteiger partial charge < -0.3 is 10.6 Å². The summed E-state index contributed by atoms with van der Waals surface area (Å²) in [6.07, 6.45) is 0.913. The van der Waals surface area contributed by atoms with Crippen LogP contribution in [0.15, 0.2) is 36.4 Å². The topological polar surface area (TPSA) is 37.0 Å². The van der Waals surface area contributed by atoms with Crippen LogP contribution in [0.3, 0.4) is 0 Å². The molecule has 0 amide bonds. The van der Waals surface area contributed by atoms with E-state index < -0.39 is 0 Å². The van der Waals surface area contributed by atoms with Gasteiger partial charge in [0.05, 0.1) is 10.0 Å². The summed E-state index contributed by atoms with van der Waals surface area (Å²) < 4.78 is 0. The Bertz CT molecular complexity index is 544. The lowest BCUT2D eigenvalue weighted by atomic mass is 10.1. The molecule has 5 heteroatoms. The summed E-state index contributed by atoms with van der Waals surface area (Å²) in [7, 11) is 1.77. The van der Waals surface area contributed by atoms with Crippen molar-refractivity contribution in [3.05, 3.63) is 52.0 Å². The van der Waals surface area contributed by atoms with Crippen molar-refractivity contribution in [1.29, 1.82) is 0 Å². The molecular weight excluding hydrogens is 281 g/mol. The van der Waals surface area contributed by atoms with Gasteiger partial charge in [-0.15, -0.1) is 0 Å². The number of nitrogens with zero attached hydrogens (tertiary/aromatic N) is 1. The van der Waals surface area contributed by atoms with Gasteiger partial charge in [0.25, 0.3) is 0 Å². The van der Waals surface area contributed by atoms with E-state index >= 15 is 0 Å². The van der Waals surface area contributed by atoms with E-state index in [9.17, 15) is 0 Å². The molecule has 0 unspecified atom stereocenters. The standard InChI is InChI=1S/C14H15Cl2N3/c1-17-13-11(15)9-12(16)14(19-13)18-8-7-10-5-3-2-4-6-10/h2-6,9H,7-8H2,1H3,(H2,17,18,19). The van der Waals surface area contributed by atoms with Crippen molar-refractivity contribution < 1.29 is 0 Å². The zero-order valence-corrected chi connectivity index (χ0v) is 12.1. The quantitative estimate of drug-likeness (QED) is 0.872. The van der Waals surface area contributed by atoms with E-state index in [1.165, 1.54) is 5.56 Å². The lowest BCUT2D eigenvalue weighted by Crippen LogP contribution is -2.08. The molecule has 0 aliphatic carbocycles. The number of nitrogens with one attached hydrogen (secondary N) is 2. The second-order valence-corrected chi connectivity index (χ2v) is 4.88. The predicted octanol–water partition coefficient (Wildman–Crippen LogP) is 4.08. The van der Waals surface area contributed by atoms with Crippen LogP contribution in [0.25, 0.3) is 0 Å². The molecule has 2 N–H and O–H groups in total. The van der Waals surface area contributed by atoms with E-state index in [0.717, 1.165) is 13.0 Å². The highest BCUT2D eigenvalue weighted by atomic mass is 35.5. The number of anilines is 2. The number of aromatic nitrogens is 1. The van der Waals surface area contributed by atoms with Crippen molar-refractivity contribution in [3.8, 4) is 0 Å². The molecule has 0 saturated carbocycles. The number of pyridine rings is 1. The number of benzene rings is 1. The number of rotatable bonds is 5. The third-order valence-corrected chi connectivity index (χ3v) is 3.29. The molecule has 2 aromatic rings. The fourth-order valence-corrected chi connectivity index (χ4v) is 2.26. The van der Waals surface area contributed by atoms with Crippen molar-refractivity contribution in [1.82, 2.24) is 4.98 Å². The van der Waals surface area contributed by atoms with Crippen LogP contribution in [-0.4, -0.2) is 18.6 Å². The summed E-state index contributed by atoms with van der Waals surface area (Å²) in [5.74, 6) is 1.26.